The number of anilines is 1. The normalized spacial score (nSPS) is 13.7. The maximum Gasteiger partial charge on any atom is 0.414 e. The Hall–Kier alpha value is -2.88. The van der Waals surface area contributed by atoms with Gasteiger partial charge in [-0.25, -0.2) is 13.2 Å². The van der Waals surface area contributed by atoms with Crippen molar-refractivity contribution in [2.45, 2.75) is 24.8 Å². The number of hydrogen-bond donors (Lipinski definition) is 2. The number of nitrogens with one attached hydrogen (secondary N) is 2. The molecule has 2 aromatic rings. The molecule has 12 nitrogen and oxygen atoms in total. The molecule has 14 heteroatoms. The molecule has 0 radical (unpaired) electrons. The second kappa shape index (κ2) is 14.0. The first-order valence-electron chi connectivity index (χ1n) is 12.3. The van der Waals surface area contributed by atoms with Gasteiger partial charge in [0.2, 0.25) is 10.0 Å². The molecule has 0 unspecified atom stereocenters. The fourth-order valence-corrected chi connectivity index (χ4v) is 6.75. The summed E-state index contributed by atoms with van der Waals surface area (Å²) in [6.45, 7) is 3.80. The maximum atomic E-state index is 13.1. The van der Waals surface area contributed by atoms with Crippen molar-refractivity contribution < 1.29 is 37.0 Å². The van der Waals surface area contributed by atoms with Crippen LogP contribution in [0.25, 0.3) is 0 Å². The van der Waals surface area contributed by atoms with Gasteiger partial charge in [-0.3, -0.25) is 14.9 Å². The Bertz CT molecular complexity index is 1270. The van der Waals surface area contributed by atoms with E-state index in [1.165, 1.54) is 54.1 Å². The summed E-state index contributed by atoms with van der Waals surface area (Å²) >= 11 is 1.27. The number of ether oxygens (including phenoxy) is 3. The Kier molecular flexibility index (Phi) is 11.0. The highest BCUT2D eigenvalue weighted by Gasteiger charge is 2.29. The van der Waals surface area contributed by atoms with Crippen molar-refractivity contribution >= 4 is 44.3 Å². The number of methoxy groups -OCH3 is 2. The van der Waals surface area contributed by atoms with Crippen molar-refractivity contribution in [3.8, 4) is 0 Å². The van der Waals surface area contributed by atoms with Gasteiger partial charge < -0.3 is 24.4 Å². The zero-order valence-electron chi connectivity index (χ0n) is 22.4. The lowest BCUT2D eigenvalue weighted by Crippen LogP contribution is -2.36. The number of fused-ring (bicyclic) bond motifs is 1. The van der Waals surface area contributed by atoms with E-state index in [2.05, 4.69) is 15.5 Å². The van der Waals surface area contributed by atoms with Crippen LogP contribution in [0.3, 0.4) is 0 Å². The fraction of sp³-hybridized carbons (Fsp3) is 0.480. The summed E-state index contributed by atoms with van der Waals surface area (Å²) in [5, 5.41) is 5.30. The average molecular weight is 583 g/mol. The molecule has 3 rings (SSSR count). The highest BCUT2D eigenvalue weighted by Crippen LogP contribution is 2.37. The molecule has 0 aliphatic carbocycles. The first-order valence-corrected chi connectivity index (χ1v) is 14.6. The van der Waals surface area contributed by atoms with E-state index in [9.17, 15) is 22.8 Å². The first kappa shape index (κ1) is 30.7. The van der Waals surface area contributed by atoms with Gasteiger partial charge in [0.25, 0.3) is 11.8 Å². The van der Waals surface area contributed by atoms with E-state index < -0.39 is 27.9 Å². The molecule has 0 spiro atoms. The molecule has 3 amide bonds. The lowest BCUT2D eigenvalue weighted by Gasteiger charge is -2.22. The Morgan fingerprint density at radius 1 is 1.05 bits per heavy atom. The number of imide groups is 1. The third-order valence-electron chi connectivity index (χ3n) is 6.04. The lowest BCUT2D eigenvalue weighted by molar-refractivity contribution is 0.0924. The standard InChI is InChI=1S/C25H34N4O8S2/c1-5-37-25(32)27-23(31)21-19-10-11-28(2)16-20(19)38-24(21)26-22(30)17-6-8-18(9-7-17)39(33,34)29(12-14-35-3)13-15-36-4/h6-9H,5,10-16H2,1-4H3,(H,26,30)(H,27,31,32). The van der Waals surface area contributed by atoms with Crippen LogP contribution in [0, 0.1) is 0 Å². The number of amides is 3. The van der Waals surface area contributed by atoms with Crippen molar-refractivity contribution in [3.05, 3.63) is 45.8 Å². The smallest absolute Gasteiger partial charge is 0.414 e. The number of rotatable bonds is 12. The molecule has 39 heavy (non-hydrogen) atoms. The van der Waals surface area contributed by atoms with E-state index in [4.69, 9.17) is 14.2 Å². The number of thiophene rings is 1. The number of likely N-dealkylation sites (N-methyl/N-ethyl adjacent to an activating group) is 1. The van der Waals surface area contributed by atoms with E-state index in [0.717, 1.165) is 17.0 Å². The maximum absolute atomic E-state index is 13.1. The minimum Gasteiger partial charge on any atom is -0.450 e. The molecule has 0 saturated heterocycles. The molecule has 214 valence electrons. The highest BCUT2D eigenvalue weighted by atomic mass is 32.2. The highest BCUT2D eigenvalue weighted by molar-refractivity contribution is 7.89. The predicted octanol–water partition coefficient (Wildman–Crippen LogP) is 2.16. The zero-order valence-corrected chi connectivity index (χ0v) is 24.1. The Balaban J connectivity index is 1.83. The van der Waals surface area contributed by atoms with Crippen molar-refractivity contribution in [2.75, 3.05) is 66.0 Å². The van der Waals surface area contributed by atoms with Crippen LogP contribution in [-0.4, -0.2) is 96.3 Å². The second-order valence-corrected chi connectivity index (χ2v) is 11.8. The number of nitrogens with zero attached hydrogens (tertiary/aromatic N) is 2. The summed E-state index contributed by atoms with van der Waals surface area (Å²) in [5.74, 6) is -1.17. The van der Waals surface area contributed by atoms with Gasteiger partial charge in [0.15, 0.2) is 0 Å². The van der Waals surface area contributed by atoms with Crippen LogP contribution in [0.4, 0.5) is 9.80 Å². The van der Waals surface area contributed by atoms with E-state index in [-0.39, 0.29) is 48.9 Å². The van der Waals surface area contributed by atoms with Crippen molar-refractivity contribution in [3.63, 3.8) is 0 Å². The van der Waals surface area contributed by atoms with Crippen molar-refractivity contribution in [1.82, 2.24) is 14.5 Å². The zero-order chi connectivity index (χ0) is 28.6. The van der Waals surface area contributed by atoms with Gasteiger partial charge in [-0.05, 0) is 50.2 Å². The van der Waals surface area contributed by atoms with E-state index >= 15 is 0 Å². The minimum atomic E-state index is -3.85. The predicted molar refractivity (Wildman–Crippen MR) is 146 cm³/mol. The summed E-state index contributed by atoms with van der Waals surface area (Å²) in [6.07, 6.45) is -0.284. The number of carbonyl (C=O) groups excluding carboxylic acids is 3. The summed E-state index contributed by atoms with van der Waals surface area (Å²) in [6, 6.07) is 5.54. The molecule has 1 aliphatic rings. The van der Waals surface area contributed by atoms with Gasteiger partial charge in [0, 0.05) is 50.8 Å². The molecule has 0 bridgehead atoms. The van der Waals surface area contributed by atoms with Gasteiger partial charge in [-0.2, -0.15) is 4.31 Å². The molecule has 1 aliphatic heterocycles. The quantitative estimate of drug-likeness (QED) is 0.385. The molecular formula is C25H34N4O8S2. The van der Waals surface area contributed by atoms with Gasteiger partial charge in [-0.15, -0.1) is 11.3 Å². The fourth-order valence-electron chi connectivity index (χ4n) is 4.02. The van der Waals surface area contributed by atoms with Gasteiger partial charge in [0.1, 0.15) is 5.00 Å². The van der Waals surface area contributed by atoms with Crippen molar-refractivity contribution in [2.24, 2.45) is 0 Å². The van der Waals surface area contributed by atoms with Crippen LogP contribution in [0.1, 0.15) is 38.1 Å². The number of carbonyl (C=O) groups is 3. The van der Waals surface area contributed by atoms with E-state index in [0.29, 0.717) is 18.0 Å². The molecule has 1 aromatic carbocycles. The first-order chi connectivity index (χ1) is 18.6. The number of hydrogen-bond acceptors (Lipinski definition) is 10. The van der Waals surface area contributed by atoms with Crippen molar-refractivity contribution in [1.29, 1.82) is 0 Å². The third-order valence-corrected chi connectivity index (χ3v) is 9.08. The summed E-state index contributed by atoms with van der Waals surface area (Å²) < 4.78 is 42.4. The minimum absolute atomic E-state index is 0.0235. The van der Waals surface area contributed by atoms with Crippen LogP contribution in [-0.2, 0) is 37.2 Å². The summed E-state index contributed by atoms with van der Waals surface area (Å²) in [5.41, 5.74) is 1.22. The third kappa shape index (κ3) is 7.62. The van der Waals surface area contributed by atoms with Crippen LogP contribution in [0.5, 0.6) is 0 Å². The van der Waals surface area contributed by atoms with Gasteiger partial charge in [-0.1, -0.05) is 0 Å². The van der Waals surface area contributed by atoms with Crippen LogP contribution in [0.15, 0.2) is 29.2 Å². The Morgan fingerprint density at radius 3 is 2.28 bits per heavy atom. The summed E-state index contributed by atoms with van der Waals surface area (Å²) in [4.78, 5) is 41.1. The van der Waals surface area contributed by atoms with Gasteiger partial charge in [0.05, 0.1) is 30.3 Å². The number of alkyl carbamates (subject to hydrolysis) is 1. The molecule has 0 saturated carbocycles. The largest absolute Gasteiger partial charge is 0.450 e. The number of sulfonamides is 1. The lowest BCUT2D eigenvalue weighted by atomic mass is 10.0. The van der Waals surface area contributed by atoms with E-state index in [1.807, 2.05) is 7.05 Å². The van der Waals surface area contributed by atoms with Crippen LogP contribution >= 0.6 is 11.3 Å². The topological polar surface area (TPSA) is 144 Å². The number of benzene rings is 1. The SMILES string of the molecule is CCOC(=O)NC(=O)c1c(NC(=O)c2ccc(S(=O)(=O)N(CCOC)CCOC)cc2)sc2c1CCN(C)C2. The molecule has 0 fully saturated rings. The molecule has 0 atom stereocenters. The summed E-state index contributed by atoms with van der Waals surface area (Å²) in [7, 11) is 1.09. The van der Waals surface area contributed by atoms with Gasteiger partial charge >= 0.3 is 6.09 Å². The van der Waals surface area contributed by atoms with E-state index in [1.54, 1.807) is 6.92 Å². The Labute approximate surface area is 232 Å². The molecule has 1 aromatic heterocycles. The molecular weight excluding hydrogens is 548 g/mol. The van der Waals surface area contributed by atoms with Crippen LogP contribution < -0.4 is 10.6 Å². The average Bonchev–Trinajstić information content (AvgIpc) is 3.25. The second-order valence-electron chi connectivity index (χ2n) is 8.74. The molecule has 2 heterocycles. The Morgan fingerprint density at radius 2 is 1.69 bits per heavy atom. The monoisotopic (exact) mass is 582 g/mol. The molecule has 2 N–H and O–H groups in total. The van der Waals surface area contributed by atoms with Crippen LogP contribution in [0.2, 0.25) is 0 Å².